The van der Waals surface area contributed by atoms with E-state index in [1.807, 2.05) is 6.07 Å². The van der Waals surface area contributed by atoms with Crippen LogP contribution in [0.15, 0.2) is 18.2 Å². The van der Waals surface area contributed by atoms with Gasteiger partial charge in [-0.05, 0) is 56.2 Å². The van der Waals surface area contributed by atoms with Crippen LogP contribution < -0.4 is 10.2 Å². The normalized spacial score (nSPS) is 26.9. The Labute approximate surface area is 121 Å². The molecule has 0 spiro atoms. The van der Waals surface area contributed by atoms with Gasteiger partial charge in [-0.3, -0.25) is 0 Å². The van der Waals surface area contributed by atoms with Crippen LogP contribution in [0.4, 0.5) is 10.1 Å². The van der Waals surface area contributed by atoms with Gasteiger partial charge in [0.15, 0.2) is 0 Å². The number of anilines is 1. The molecule has 1 aliphatic heterocycles. The van der Waals surface area contributed by atoms with E-state index in [9.17, 15) is 4.39 Å². The van der Waals surface area contributed by atoms with Crippen molar-refractivity contribution in [3.05, 3.63) is 29.6 Å². The monoisotopic (exact) mass is 276 g/mol. The van der Waals surface area contributed by atoms with E-state index in [0.29, 0.717) is 18.0 Å². The number of nitrogens with one attached hydrogen (secondary N) is 1. The predicted octanol–water partition coefficient (Wildman–Crippen LogP) is 3.70. The van der Waals surface area contributed by atoms with Gasteiger partial charge in [-0.15, -0.1) is 0 Å². The molecule has 0 bridgehead atoms. The van der Waals surface area contributed by atoms with Gasteiger partial charge in [0.05, 0.1) is 5.69 Å². The van der Waals surface area contributed by atoms with E-state index in [-0.39, 0.29) is 5.82 Å². The maximum Gasteiger partial charge on any atom is 0.146 e. The summed E-state index contributed by atoms with van der Waals surface area (Å²) in [6, 6.07) is 6.85. The molecule has 110 valence electrons. The molecule has 3 heteroatoms. The van der Waals surface area contributed by atoms with Crippen LogP contribution in [0.5, 0.6) is 0 Å². The summed E-state index contributed by atoms with van der Waals surface area (Å²) in [4.78, 5) is 2.24. The first-order valence-corrected chi connectivity index (χ1v) is 7.92. The Hall–Kier alpha value is -1.09. The number of rotatable bonds is 4. The van der Waals surface area contributed by atoms with Crippen LogP contribution in [-0.4, -0.2) is 18.6 Å². The van der Waals surface area contributed by atoms with E-state index in [0.717, 1.165) is 30.8 Å². The average Bonchev–Trinajstić information content (AvgIpc) is 3.24. The van der Waals surface area contributed by atoms with Crippen molar-refractivity contribution in [1.82, 2.24) is 5.32 Å². The zero-order valence-corrected chi connectivity index (χ0v) is 12.5. The molecule has 1 aliphatic carbocycles. The van der Waals surface area contributed by atoms with Crippen molar-refractivity contribution in [2.24, 2.45) is 5.92 Å². The van der Waals surface area contributed by atoms with E-state index in [2.05, 4.69) is 30.1 Å². The van der Waals surface area contributed by atoms with Crippen molar-refractivity contribution in [2.45, 2.75) is 58.2 Å². The van der Waals surface area contributed by atoms with Crippen LogP contribution in [-0.2, 0) is 6.54 Å². The molecule has 2 nitrogen and oxygen atoms in total. The summed E-state index contributed by atoms with van der Waals surface area (Å²) < 4.78 is 14.4. The molecule has 0 aromatic heterocycles. The molecular formula is C17H25FN2. The van der Waals surface area contributed by atoms with Gasteiger partial charge in [0.2, 0.25) is 0 Å². The Balaban J connectivity index is 1.71. The maximum atomic E-state index is 14.4. The quantitative estimate of drug-likeness (QED) is 0.902. The van der Waals surface area contributed by atoms with E-state index in [1.165, 1.54) is 19.3 Å². The zero-order chi connectivity index (χ0) is 14.1. The Morgan fingerprint density at radius 1 is 1.20 bits per heavy atom. The van der Waals surface area contributed by atoms with Gasteiger partial charge in [0, 0.05) is 25.2 Å². The fraction of sp³-hybridized carbons (Fsp3) is 0.647. The van der Waals surface area contributed by atoms with Gasteiger partial charge in [-0.25, -0.2) is 4.39 Å². The number of hydrogen-bond donors (Lipinski definition) is 1. The Morgan fingerprint density at radius 3 is 2.70 bits per heavy atom. The highest BCUT2D eigenvalue weighted by atomic mass is 19.1. The molecular weight excluding hydrogens is 251 g/mol. The summed E-state index contributed by atoms with van der Waals surface area (Å²) in [5, 5.41) is 3.43. The Bertz CT molecular complexity index is 470. The Morgan fingerprint density at radius 2 is 2.00 bits per heavy atom. The molecule has 2 fully saturated rings. The lowest BCUT2D eigenvalue weighted by atomic mass is 9.94. The first kappa shape index (κ1) is 13.9. The molecule has 1 N–H and O–H groups in total. The summed E-state index contributed by atoms with van der Waals surface area (Å²) in [5.41, 5.74) is 1.83. The van der Waals surface area contributed by atoms with E-state index < -0.39 is 0 Å². The van der Waals surface area contributed by atoms with Crippen molar-refractivity contribution in [1.29, 1.82) is 0 Å². The highest BCUT2D eigenvalue weighted by Gasteiger charge is 2.25. The van der Waals surface area contributed by atoms with Crippen LogP contribution in [0.1, 0.15) is 45.1 Å². The number of hydrogen-bond acceptors (Lipinski definition) is 2. The van der Waals surface area contributed by atoms with Crippen molar-refractivity contribution in [3.63, 3.8) is 0 Å². The highest BCUT2D eigenvalue weighted by molar-refractivity contribution is 5.50. The van der Waals surface area contributed by atoms with Gasteiger partial charge in [-0.1, -0.05) is 13.0 Å². The van der Waals surface area contributed by atoms with Crippen LogP contribution >= 0.6 is 0 Å². The highest BCUT2D eigenvalue weighted by Crippen LogP contribution is 2.30. The minimum atomic E-state index is -0.0685. The lowest BCUT2D eigenvalue weighted by Crippen LogP contribution is -2.41. The summed E-state index contributed by atoms with van der Waals surface area (Å²) in [6.45, 7) is 6.21. The van der Waals surface area contributed by atoms with E-state index in [4.69, 9.17) is 0 Å². The number of nitrogens with zero attached hydrogens (tertiary/aromatic N) is 1. The third-order valence-electron chi connectivity index (χ3n) is 4.61. The van der Waals surface area contributed by atoms with Crippen LogP contribution in [0.3, 0.4) is 0 Å². The van der Waals surface area contributed by atoms with Crippen molar-refractivity contribution in [2.75, 3.05) is 11.4 Å². The Kier molecular flexibility index (Phi) is 3.97. The van der Waals surface area contributed by atoms with Gasteiger partial charge >= 0.3 is 0 Å². The van der Waals surface area contributed by atoms with Gasteiger partial charge < -0.3 is 10.2 Å². The van der Waals surface area contributed by atoms with Crippen LogP contribution in [0.25, 0.3) is 0 Å². The van der Waals surface area contributed by atoms with Gasteiger partial charge in [-0.2, -0.15) is 0 Å². The summed E-state index contributed by atoms with van der Waals surface area (Å²) in [6.07, 6.45) is 4.95. The number of halogens is 1. The average molecular weight is 276 g/mol. The van der Waals surface area contributed by atoms with E-state index in [1.54, 1.807) is 6.07 Å². The molecule has 1 aromatic rings. The molecule has 1 heterocycles. The molecule has 1 saturated carbocycles. The van der Waals surface area contributed by atoms with Crippen LogP contribution in [0.2, 0.25) is 0 Å². The molecule has 0 amide bonds. The second-order valence-electron chi connectivity index (χ2n) is 6.62. The minimum Gasteiger partial charge on any atom is -0.366 e. The molecule has 2 atom stereocenters. The molecule has 0 radical (unpaired) electrons. The summed E-state index contributed by atoms with van der Waals surface area (Å²) >= 11 is 0. The largest absolute Gasteiger partial charge is 0.366 e. The minimum absolute atomic E-state index is 0.0685. The molecule has 1 aromatic carbocycles. The van der Waals surface area contributed by atoms with Gasteiger partial charge in [0.25, 0.3) is 0 Å². The molecule has 2 unspecified atom stereocenters. The van der Waals surface area contributed by atoms with E-state index >= 15 is 0 Å². The molecule has 2 aliphatic rings. The first-order chi connectivity index (χ1) is 9.63. The number of piperidine rings is 1. The standard InChI is InChI=1S/C17H25FN2/c1-12-3-4-13(2)20(11-12)17-8-5-14(9-16(17)18)10-19-15-6-7-15/h5,8-9,12-13,15,19H,3-4,6-7,10-11H2,1-2H3. The zero-order valence-electron chi connectivity index (χ0n) is 12.5. The third kappa shape index (κ3) is 3.14. The lowest BCUT2D eigenvalue weighted by molar-refractivity contribution is 0.386. The molecule has 20 heavy (non-hydrogen) atoms. The fourth-order valence-electron chi connectivity index (χ4n) is 3.07. The van der Waals surface area contributed by atoms with Crippen molar-refractivity contribution < 1.29 is 4.39 Å². The summed E-state index contributed by atoms with van der Waals surface area (Å²) in [7, 11) is 0. The smallest absolute Gasteiger partial charge is 0.146 e. The lowest BCUT2D eigenvalue weighted by Gasteiger charge is -2.38. The fourth-order valence-corrected chi connectivity index (χ4v) is 3.07. The first-order valence-electron chi connectivity index (χ1n) is 7.92. The second-order valence-corrected chi connectivity index (χ2v) is 6.62. The third-order valence-corrected chi connectivity index (χ3v) is 4.61. The molecule has 1 saturated heterocycles. The van der Waals surface area contributed by atoms with Gasteiger partial charge in [0.1, 0.15) is 5.82 Å². The second kappa shape index (κ2) is 5.72. The van der Waals surface area contributed by atoms with Crippen LogP contribution in [0, 0.1) is 11.7 Å². The number of benzene rings is 1. The van der Waals surface area contributed by atoms with Crippen molar-refractivity contribution in [3.8, 4) is 0 Å². The predicted molar refractivity (Wildman–Crippen MR) is 81.5 cm³/mol. The van der Waals surface area contributed by atoms with Crippen molar-refractivity contribution >= 4 is 5.69 Å². The maximum absolute atomic E-state index is 14.4. The summed E-state index contributed by atoms with van der Waals surface area (Å²) in [5.74, 6) is 0.586. The molecule has 3 rings (SSSR count). The SMILES string of the molecule is CC1CCC(C)N(c2ccc(CNC3CC3)cc2F)C1. The topological polar surface area (TPSA) is 15.3 Å².